The standard InChI is InChI=1S/C64H123NO5/c1-3-5-7-9-11-13-15-17-18-19-20-21-22-23-24-26-29-33-36-40-44-48-52-56-62(67)61(60-66)65-63(68)57-53-49-45-41-37-34-30-27-25-28-31-35-39-43-47-51-55-59-70-64(69)58-54-50-46-42-38-32-16-14-12-10-8-6-4-2/h8,10,14,16,61-62,66-67H,3-7,9,11-13,15,17-60H2,1-2H3,(H,65,68)/b10-8-,16-14-. The average molecular weight is 987 g/mol. The van der Waals surface area contributed by atoms with E-state index in [1.807, 2.05) is 0 Å². The van der Waals surface area contributed by atoms with Gasteiger partial charge in [-0.25, -0.2) is 0 Å². The third-order valence-corrected chi connectivity index (χ3v) is 14.7. The molecule has 70 heavy (non-hydrogen) atoms. The molecule has 2 unspecified atom stereocenters. The third kappa shape index (κ3) is 55.7. The Hall–Kier alpha value is -1.66. The Morgan fingerprint density at radius 3 is 1.14 bits per heavy atom. The number of nitrogens with one attached hydrogen (secondary N) is 1. The number of aliphatic hydroxyl groups is 2. The van der Waals surface area contributed by atoms with Crippen molar-refractivity contribution < 1.29 is 24.5 Å². The molecule has 0 aliphatic carbocycles. The highest BCUT2D eigenvalue weighted by atomic mass is 16.5. The molecule has 2 atom stereocenters. The van der Waals surface area contributed by atoms with Gasteiger partial charge in [0.05, 0.1) is 25.4 Å². The molecule has 0 aliphatic rings. The molecule has 0 spiro atoms. The van der Waals surface area contributed by atoms with E-state index >= 15 is 0 Å². The SMILES string of the molecule is CCC/C=C\C/C=C\CCCCCCCC(=O)OCCCCCCCCCCCCCCCCCCCC(=O)NC(CO)C(O)CCCCCCCCCCCCCCCCCCCCCCCCC. The van der Waals surface area contributed by atoms with E-state index in [4.69, 9.17) is 4.74 Å². The second-order valence-corrected chi connectivity index (χ2v) is 21.7. The van der Waals surface area contributed by atoms with Gasteiger partial charge >= 0.3 is 5.97 Å². The molecule has 6 nitrogen and oxygen atoms in total. The van der Waals surface area contributed by atoms with Crippen molar-refractivity contribution in [2.45, 2.75) is 360 Å². The van der Waals surface area contributed by atoms with Crippen molar-refractivity contribution in [1.82, 2.24) is 5.32 Å². The lowest BCUT2D eigenvalue weighted by atomic mass is 10.0. The second kappa shape index (κ2) is 59.9. The molecular weight excluding hydrogens is 863 g/mol. The average Bonchev–Trinajstić information content (AvgIpc) is 3.36. The van der Waals surface area contributed by atoms with E-state index in [0.717, 1.165) is 51.4 Å². The van der Waals surface area contributed by atoms with Crippen LogP contribution in [0.1, 0.15) is 348 Å². The largest absolute Gasteiger partial charge is 0.466 e. The monoisotopic (exact) mass is 986 g/mol. The maximum atomic E-state index is 12.5. The van der Waals surface area contributed by atoms with Crippen molar-refractivity contribution in [3.8, 4) is 0 Å². The highest BCUT2D eigenvalue weighted by Gasteiger charge is 2.20. The van der Waals surface area contributed by atoms with E-state index in [1.165, 1.54) is 263 Å². The first-order valence-electron chi connectivity index (χ1n) is 31.6. The lowest BCUT2D eigenvalue weighted by molar-refractivity contribution is -0.143. The zero-order chi connectivity index (χ0) is 50.7. The van der Waals surface area contributed by atoms with E-state index < -0.39 is 12.1 Å². The zero-order valence-electron chi connectivity index (χ0n) is 47.3. The molecule has 3 N–H and O–H groups in total. The first-order chi connectivity index (χ1) is 34.5. The van der Waals surface area contributed by atoms with Crippen LogP contribution in [-0.2, 0) is 14.3 Å². The van der Waals surface area contributed by atoms with Crippen LogP contribution >= 0.6 is 0 Å². The fourth-order valence-corrected chi connectivity index (χ4v) is 9.92. The molecule has 0 saturated carbocycles. The molecule has 0 rings (SSSR count). The summed E-state index contributed by atoms with van der Waals surface area (Å²) in [7, 11) is 0. The quantitative estimate of drug-likeness (QED) is 0.0321. The third-order valence-electron chi connectivity index (χ3n) is 14.7. The Morgan fingerprint density at radius 2 is 0.743 bits per heavy atom. The van der Waals surface area contributed by atoms with Crippen molar-refractivity contribution in [3.63, 3.8) is 0 Å². The van der Waals surface area contributed by atoms with Crippen LogP contribution in [0.4, 0.5) is 0 Å². The fraction of sp³-hybridized carbons (Fsp3) is 0.906. The maximum absolute atomic E-state index is 12.5. The van der Waals surface area contributed by atoms with Crippen molar-refractivity contribution in [3.05, 3.63) is 24.3 Å². The van der Waals surface area contributed by atoms with Crippen molar-refractivity contribution in [1.29, 1.82) is 0 Å². The molecule has 0 saturated heterocycles. The number of esters is 1. The fourth-order valence-electron chi connectivity index (χ4n) is 9.92. The first-order valence-corrected chi connectivity index (χ1v) is 31.6. The lowest BCUT2D eigenvalue weighted by Crippen LogP contribution is -2.45. The van der Waals surface area contributed by atoms with Gasteiger partial charge in [-0.2, -0.15) is 0 Å². The number of carbonyl (C=O) groups is 2. The molecule has 0 aliphatic heterocycles. The van der Waals surface area contributed by atoms with Crippen LogP contribution in [0, 0.1) is 0 Å². The van der Waals surface area contributed by atoms with Gasteiger partial charge < -0.3 is 20.3 Å². The summed E-state index contributed by atoms with van der Waals surface area (Å²) >= 11 is 0. The Labute approximate surface area is 437 Å². The Balaban J connectivity index is 3.42. The van der Waals surface area contributed by atoms with Gasteiger partial charge in [-0.3, -0.25) is 9.59 Å². The predicted octanol–water partition coefficient (Wildman–Crippen LogP) is 19.8. The van der Waals surface area contributed by atoms with Crippen LogP contribution < -0.4 is 5.32 Å². The lowest BCUT2D eigenvalue weighted by Gasteiger charge is -2.22. The number of allylic oxidation sites excluding steroid dienone is 4. The van der Waals surface area contributed by atoms with Gasteiger partial charge in [-0.1, -0.05) is 308 Å². The van der Waals surface area contributed by atoms with Crippen LogP contribution in [0.25, 0.3) is 0 Å². The molecule has 0 heterocycles. The van der Waals surface area contributed by atoms with Crippen LogP contribution in [0.2, 0.25) is 0 Å². The number of aliphatic hydroxyl groups excluding tert-OH is 2. The van der Waals surface area contributed by atoms with Crippen LogP contribution in [0.15, 0.2) is 24.3 Å². The normalized spacial score (nSPS) is 12.7. The number of carbonyl (C=O) groups excluding carboxylic acids is 2. The number of ether oxygens (including phenoxy) is 1. The van der Waals surface area contributed by atoms with Gasteiger partial charge in [0.15, 0.2) is 0 Å². The highest BCUT2D eigenvalue weighted by molar-refractivity contribution is 5.76. The summed E-state index contributed by atoms with van der Waals surface area (Å²) in [5, 5.41) is 23.4. The van der Waals surface area contributed by atoms with Crippen LogP contribution in [-0.4, -0.2) is 47.4 Å². The van der Waals surface area contributed by atoms with E-state index in [2.05, 4.69) is 43.5 Å². The minimum absolute atomic E-state index is 0.00916. The number of amides is 1. The molecule has 0 radical (unpaired) electrons. The van der Waals surface area contributed by atoms with E-state index in [1.54, 1.807) is 0 Å². The second-order valence-electron chi connectivity index (χ2n) is 21.7. The minimum atomic E-state index is -0.669. The molecule has 0 bridgehead atoms. The van der Waals surface area contributed by atoms with Gasteiger partial charge in [0.1, 0.15) is 0 Å². The highest BCUT2D eigenvalue weighted by Crippen LogP contribution is 2.18. The van der Waals surface area contributed by atoms with Gasteiger partial charge in [0, 0.05) is 12.8 Å². The van der Waals surface area contributed by atoms with Gasteiger partial charge in [-0.05, 0) is 51.4 Å². The smallest absolute Gasteiger partial charge is 0.305 e. The molecule has 6 heteroatoms. The van der Waals surface area contributed by atoms with Crippen LogP contribution in [0.3, 0.4) is 0 Å². The summed E-state index contributed by atoms with van der Waals surface area (Å²) in [6.45, 7) is 4.90. The van der Waals surface area contributed by atoms with Gasteiger partial charge in [0.2, 0.25) is 5.91 Å². The molecule has 0 aromatic rings. The van der Waals surface area contributed by atoms with E-state index in [9.17, 15) is 19.8 Å². The van der Waals surface area contributed by atoms with E-state index in [-0.39, 0.29) is 18.5 Å². The topological polar surface area (TPSA) is 95.9 Å². The number of hydrogen-bond donors (Lipinski definition) is 3. The van der Waals surface area contributed by atoms with Gasteiger partial charge in [0.25, 0.3) is 0 Å². The van der Waals surface area contributed by atoms with Gasteiger partial charge in [-0.15, -0.1) is 0 Å². The van der Waals surface area contributed by atoms with Crippen molar-refractivity contribution in [2.24, 2.45) is 0 Å². The summed E-state index contributed by atoms with van der Waals surface area (Å²) < 4.78 is 5.46. The molecule has 0 fully saturated rings. The summed E-state index contributed by atoms with van der Waals surface area (Å²) in [5.74, 6) is -0.0461. The molecule has 0 aromatic heterocycles. The Kier molecular flexibility index (Phi) is 58.5. The summed E-state index contributed by atoms with van der Waals surface area (Å²) in [6, 6.07) is -0.547. The van der Waals surface area contributed by atoms with Crippen molar-refractivity contribution >= 4 is 11.9 Å². The molecule has 0 aromatic carbocycles. The number of rotatable bonds is 59. The minimum Gasteiger partial charge on any atom is -0.466 e. The molecule has 1 amide bonds. The molecule has 414 valence electrons. The number of unbranched alkanes of at least 4 members (excludes halogenated alkanes) is 44. The van der Waals surface area contributed by atoms with E-state index in [0.29, 0.717) is 25.9 Å². The number of hydrogen-bond acceptors (Lipinski definition) is 5. The zero-order valence-corrected chi connectivity index (χ0v) is 47.3. The predicted molar refractivity (Wildman–Crippen MR) is 306 cm³/mol. The first kappa shape index (κ1) is 68.3. The summed E-state index contributed by atoms with van der Waals surface area (Å²) in [5.41, 5.74) is 0. The van der Waals surface area contributed by atoms with Crippen molar-refractivity contribution in [2.75, 3.05) is 13.2 Å². The Morgan fingerprint density at radius 1 is 0.400 bits per heavy atom. The van der Waals surface area contributed by atoms with Crippen LogP contribution in [0.5, 0.6) is 0 Å². The Bertz CT molecular complexity index is 1090. The molecular formula is C64H123NO5. The summed E-state index contributed by atoms with van der Waals surface area (Å²) in [6.07, 6.45) is 73.3. The summed E-state index contributed by atoms with van der Waals surface area (Å²) in [4.78, 5) is 24.6. The maximum Gasteiger partial charge on any atom is 0.305 e.